The van der Waals surface area contributed by atoms with E-state index in [2.05, 4.69) is 57.2 Å². The van der Waals surface area contributed by atoms with E-state index >= 15 is 0 Å². The van der Waals surface area contributed by atoms with Gasteiger partial charge in [0.1, 0.15) is 5.75 Å². The van der Waals surface area contributed by atoms with Crippen LogP contribution < -0.4 is 10.5 Å². The van der Waals surface area contributed by atoms with Crippen molar-refractivity contribution < 1.29 is 4.74 Å². The molecule has 0 bridgehead atoms. The van der Waals surface area contributed by atoms with Crippen molar-refractivity contribution in [2.24, 2.45) is 5.73 Å². The first-order chi connectivity index (χ1) is 9.91. The molecule has 0 radical (unpaired) electrons. The van der Waals surface area contributed by atoms with Gasteiger partial charge in [0, 0.05) is 6.04 Å². The molecule has 2 heteroatoms. The average Bonchev–Trinajstić information content (AvgIpc) is 2.47. The molecule has 0 aliphatic heterocycles. The molecule has 21 heavy (non-hydrogen) atoms. The van der Waals surface area contributed by atoms with Gasteiger partial charge in [0.15, 0.2) is 0 Å². The highest BCUT2D eigenvalue weighted by Crippen LogP contribution is 2.30. The molecule has 2 aromatic carbocycles. The number of ether oxygens (including phenoxy) is 1. The first kappa shape index (κ1) is 15.6. The van der Waals surface area contributed by atoms with E-state index in [4.69, 9.17) is 10.5 Å². The van der Waals surface area contributed by atoms with Crippen LogP contribution in [0.4, 0.5) is 0 Å². The van der Waals surface area contributed by atoms with Crippen LogP contribution in [0.5, 0.6) is 5.75 Å². The van der Waals surface area contributed by atoms with Gasteiger partial charge < -0.3 is 10.5 Å². The molecule has 0 amide bonds. The summed E-state index contributed by atoms with van der Waals surface area (Å²) in [4.78, 5) is 0. The molecule has 0 aromatic heterocycles. The lowest BCUT2D eigenvalue weighted by Crippen LogP contribution is -2.21. The van der Waals surface area contributed by atoms with Crippen LogP contribution in [0, 0.1) is 0 Å². The predicted octanol–water partition coefficient (Wildman–Crippen LogP) is 4.24. The maximum Gasteiger partial charge on any atom is 0.118 e. The Hall–Kier alpha value is -1.80. The third-order valence-corrected chi connectivity index (χ3v) is 3.78. The smallest absolute Gasteiger partial charge is 0.118 e. The van der Waals surface area contributed by atoms with Gasteiger partial charge in [-0.15, -0.1) is 0 Å². The van der Waals surface area contributed by atoms with Crippen LogP contribution in [-0.4, -0.2) is 7.11 Å². The fourth-order valence-corrected chi connectivity index (χ4v) is 2.63. The normalized spacial score (nSPS) is 13.0. The first-order valence-corrected chi connectivity index (χ1v) is 7.39. The van der Waals surface area contributed by atoms with E-state index < -0.39 is 0 Å². The average molecular weight is 283 g/mol. The first-order valence-electron chi connectivity index (χ1n) is 7.39. The molecule has 0 spiro atoms. The van der Waals surface area contributed by atoms with Gasteiger partial charge in [-0.2, -0.15) is 0 Å². The lowest BCUT2D eigenvalue weighted by atomic mass is 9.81. The molecular formula is C19H25NO. The predicted molar refractivity (Wildman–Crippen MR) is 88.8 cm³/mol. The highest BCUT2D eigenvalue weighted by molar-refractivity contribution is 5.36. The largest absolute Gasteiger partial charge is 0.497 e. The van der Waals surface area contributed by atoms with Crippen molar-refractivity contribution in [2.75, 3.05) is 7.11 Å². The Balaban J connectivity index is 2.22. The van der Waals surface area contributed by atoms with Crippen LogP contribution in [0.1, 0.15) is 43.5 Å². The lowest BCUT2D eigenvalue weighted by molar-refractivity contribution is 0.414. The van der Waals surface area contributed by atoms with E-state index in [0.717, 1.165) is 12.2 Å². The van der Waals surface area contributed by atoms with E-state index in [9.17, 15) is 0 Å². The van der Waals surface area contributed by atoms with Crippen molar-refractivity contribution in [3.8, 4) is 5.75 Å². The van der Waals surface area contributed by atoms with E-state index in [0.29, 0.717) is 0 Å². The lowest BCUT2D eigenvalue weighted by Gasteiger charge is -2.26. The van der Waals surface area contributed by atoms with Crippen molar-refractivity contribution in [3.63, 3.8) is 0 Å². The standard InChI is InChI=1S/C19H25NO/c1-19(2,3)17-8-6-5-7-16(17)18(20)13-14-9-11-15(21-4)12-10-14/h5-12,18H,13,20H2,1-4H3. The van der Waals surface area contributed by atoms with Crippen molar-refractivity contribution >= 4 is 0 Å². The maximum atomic E-state index is 6.46. The third-order valence-electron chi connectivity index (χ3n) is 3.78. The van der Waals surface area contributed by atoms with Gasteiger partial charge in [-0.3, -0.25) is 0 Å². The summed E-state index contributed by atoms with van der Waals surface area (Å²) in [5.41, 5.74) is 10.4. The van der Waals surface area contributed by atoms with E-state index in [1.165, 1.54) is 16.7 Å². The monoisotopic (exact) mass is 283 g/mol. The Morgan fingerprint density at radius 3 is 2.19 bits per heavy atom. The number of nitrogens with two attached hydrogens (primary N) is 1. The fraction of sp³-hybridized carbons (Fsp3) is 0.368. The number of hydrogen-bond donors (Lipinski definition) is 1. The van der Waals surface area contributed by atoms with Crippen LogP contribution in [0.2, 0.25) is 0 Å². The summed E-state index contributed by atoms with van der Waals surface area (Å²) in [5, 5.41) is 0. The van der Waals surface area contributed by atoms with Crippen LogP contribution in [-0.2, 0) is 11.8 Å². The van der Waals surface area contributed by atoms with E-state index in [1.54, 1.807) is 7.11 Å². The van der Waals surface area contributed by atoms with Crippen LogP contribution in [0.25, 0.3) is 0 Å². The second kappa shape index (κ2) is 6.31. The minimum absolute atomic E-state index is 0.00817. The molecule has 2 nitrogen and oxygen atoms in total. The van der Waals surface area contributed by atoms with Crippen molar-refractivity contribution in [1.82, 2.24) is 0 Å². The molecule has 0 fully saturated rings. The molecule has 1 unspecified atom stereocenters. The third kappa shape index (κ3) is 3.85. The van der Waals surface area contributed by atoms with Gasteiger partial charge >= 0.3 is 0 Å². The summed E-state index contributed by atoms with van der Waals surface area (Å²) in [6.07, 6.45) is 0.830. The van der Waals surface area contributed by atoms with E-state index in [-0.39, 0.29) is 11.5 Å². The van der Waals surface area contributed by atoms with Gasteiger partial charge in [-0.05, 0) is 40.7 Å². The Labute approximate surface area is 127 Å². The summed E-state index contributed by atoms with van der Waals surface area (Å²) >= 11 is 0. The van der Waals surface area contributed by atoms with Crippen molar-refractivity contribution in [1.29, 1.82) is 0 Å². The molecule has 2 N–H and O–H groups in total. The molecule has 0 aliphatic carbocycles. The molecule has 2 rings (SSSR count). The molecule has 0 saturated carbocycles. The molecule has 112 valence electrons. The summed E-state index contributed by atoms with van der Waals surface area (Å²) < 4.78 is 5.19. The zero-order valence-electron chi connectivity index (χ0n) is 13.4. The number of benzene rings is 2. The number of rotatable bonds is 4. The van der Waals surface area contributed by atoms with Crippen LogP contribution >= 0.6 is 0 Å². The number of hydrogen-bond acceptors (Lipinski definition) is 2. The topological polar surface area (TPSA) is 35.2 Å². The molecule has 0 heterocycles. The quantitative estimate of drug-likeness (QED) is 0.911. The Kier molecular flexibility index (Phi) is 4.69. The zero-order chi connectivity index (χ0) is 15.5. The molecular weight excluding hydrogens is 258 g/mol. The Bertz CT molecular complexity index is 581. The summed E-state index contributed by atoms with van der Waals surface area (Å²) in [5.74, 6) is 0.877. The fourth-order valence-electron chi connectivity index (χ4n) is 2.63. The zero-order valence-corrected chi connectivity index (χ0v) is 13.4. The SMILES string of the molecule is COc1ccc(CC(N)c2ccccc2C(C)(C)C)cc1. The highest BCUT2D eigenvalue weighted by Gasteiger charge is 2.20. The second-order valence-corrected chi connectivity index (χ2v) is 6.50. The molecule has 1 atom stereocenters. The summed E-state index contributed by atoms with van der Waals surface area (Å²) in [7, 11) is 1.68. The molecule has 0 saturated heterocycles. The summed E-state index contributed by atoms with van der Waals surface area (Å²) in [6, 6.07) is 16.6. The van der Waals surface area contributed by atoms with Crippen molar-refractivity contribution in [2.45, 2.75) is 38.6 Å². The summed E-state index contributed by atoms with van der Waals surface area (Å²) in [6.45, 7) is 6.68. The highest BCUT2D eigenvalue weighted by atomic mass is 16.5. The minimum atomic E-state index is 0.00817. The van der Waals surface area contributed by atoms with Gasteiger partial charge in [0.25, 0.3) is 0 Å². The van der Waals surface area contributed by atoms with Gasteiger partial charge in [0.05, 0.1) is 7.11 Å². The number of methoxy groups -OCH3 is 1. The molecule has 2 aromatic rings. The second-order valence-electron chi connectivity index (χ2n) is 6.50. The van der Waals surface area contributed by atoms with Crippen molar-refractivity contribution in [3.05, 3.63) is 65.2 Å². The maximum absolute atomic E-state index is 6.46. The Morgan fingerprint density at radius 2 is 1.62 bits per heavy atom. The van der Waals surface area contributed by atoms with Crippen LogP contribution in [0.3, 0.4) is 0 Å². The van der Waals surface area contributed by atoms with Gasteiger partial charge in [0.2, 0.25) is 0 Å². The van der Waals surface area contributed by atoms with Crippen LogP contribution in [0.15, 0.2) is 48.5 Å². The van der Waals surface area contributed by atoms with Gasteiger partial charge in [-0.1, -0.05) is 57.2 Å². The van der Waals surface area contributed by atoms with Gasteiger partial charge in [-0.25, -0.2) is 0 Å². The Morgan fingerprint density at radius 1 is 1.00 bits per heavy atom. The van der Waals surface area contributed by atoms with E-state index in [1.807, 2.05) is 12.1 Å². The molecule has 0 aliphatic rings. The minimum Gasteiger partial charge on any atom is -0.497 e.